The normalized spacial score (nSPS) is 18.9. The average molecular weight is 177 g/mol. The molecule has 0 bridgehead atoms. The summed E-state index contributed by atoms with van der Waals surface area (Å²) in [6, 6.07) is 0. The standard InChI is InChI=1S/C8H10F3N/c1-6-3-4-7(5-12(6)2)8(9,10)11/h3-4H,5H2,1-2H3. The molecule has 1 rings (SSSR count). The molecule has 0 aromatic carbocycles. The van der Waals surface area contributed by atoms with Gasteiger partial charge in [-0.3, -0.25) is 0 Å². The van der Waals surface area contributed by atoms with Crippen molar-refractivity contribution >= 4 is 0 Å². The van der Waals surface area contributed by atoms with Crippen LogP contribution in [0.3, 0.4) is 0 Å². The van der Waals surface area contributed by atoms with Crippen molar-refractivity contribution in [1.82, 2.24) is 4.90 Å². The van der Waals surface area contributed by atoms with Crippen LogP contribution in [0.1, 0.15) is 6.92 Å². The summed E-state index contributed by atoms with van der Waals surface area (Å²) in [7, 11) is 1.64. The van der Waals surface area contributed by atoms with E-state index in [2.05, 4.69) is 0 Å². The van der Waals surface area contributed by atoms with Crippen LogP contribution < -0.4 is 0 Å². The minimum Gasteiger partial charge on any atom is -0.374 e. The topological polar surface area (TPSA) is 3.24 Å². The Bertz CT molecular complexity index is 237. The molecule has 0 saturated heterocycles. The van der Waals surface area contributed by atoms with Gasteiger partial charge < -0.3 is 4.90 Å². The van der Waals surface area contributed by atoms with Crippen LogP contribution >= 0.6 is 0 Å². The summed E-state index contributed by atoms with van der Waals surface area (Å²) < 4.78 is 36.4. The van der Waals surface area contributed by atoms with E-state index in [1.54, 1.807) is 18.9 Å². The molecule has 0 aromatic rings. The van der Waals surface area contributed by atoms with Crippen molar-refractivity contribution in [2.75, 3.05) is 13.6 Å². The fraction of sp³-hybridized carbons (Fsp3) is 0.500. The Labute approximate surface area is 69.2 Å². The van der Waals surface area contributed by atoms with Gasteiger partial charge in [0.15, 0.2) is 0 Å². The smallest absolute Gasteiger partial charge is 0.374 e. The zero-order valence-corrected chi connectivity index (χ0v) is 6.94. The van der Waals surface area contributed by atoms with Crippen LogP contribution in [0.5, 0.6) is 0 Å². The van der Waals surface area contributed by atoms with Crippen molar-refractivity contribution in [3.05, 3.63) is 23.4 Å². The molecule has 12 heavy (non-hydrogen) atoms. The van der Waals surface area contributed by atoms with Crippen molar-refractivity contribution in [2.24, 2.45) is 0 Å². The van der Waals surface area contributed by atoms with E-state index in [0.717, 1.165) is 11.8 Å². The van der Waals surface area contributed by atoms with Crippen molar-refractivity contribution in [3.63, 3.8) is 0 Å². The molecule has 1 nitrogen and oxygen atoms in total. The first kappa shape index (κ1) is 9.16. The summed E-state index contributed by atoms with van der Waals surface area (Å²) in [5.41, 5.74) is 0.360. The molecule has 0 spiro atoms. The number of nitrogens with zero attached hydrogens (tertiary/aromatic N) is 1. The van der Waals surface area contributed by atoms with E-state index < -0.39 is 11.7 Å². The van der Waals surface area contributed by atoms with Crippen LogP contribution in [0, 0.1) is 0 Å². The Morgan fingerprint density at radius 3 is 2.33 bits per heavy atom. The highest BCUT2D eigenvalue weighted by atomic mass is 19.4. The number of rotatable bonds is 0. The van der Waals surface area contributed by atoms with Gasteiger partial charge in [-0.25, -0.2) is 0 Å². The molecule has 0 saturated carbocycles. The number of alkyl halides is 3. The second-order valence-electron chi connectivity index (χ2n) is 2.85. The molecule has 0 amide bonds. The fourth-order valence-corrected chi connectivity index (χ4v) is 0.965. The second-order valence-corrected chi connectivity index (χ2v) is 2.85. The molecule has 68 valence electrons. The first-order chi connectivity index (χ1) is 5.41. The minimum absolute atomic E-state index is 0.0498. The molecular formula is C8H10F3N. The molecule has 0 aromatic heterocycles. The highest BCUT2D eigenvalue weighted by Crippen LogP contribution is 2.28. The summed E-state index contributed by atoms with van der Waals surface area (Å²) >= 11 is 0. The quantitative estimate of drug-likeness (QED) is 0.548. The van der Waals surface area contributed by atoms with Gasteiger partial charge in [0.25, 0.3) is 0 Å². The van der Waals surface area contributed by atoms with Gasteiger partial charge in [0, 0.05) is 19.3 Å². The Kier molecular flexibility index (Phi) is 2.17. The van der Waals surface area contributed by atoms with E-state index in [1.807, 2.05) is 0 Å². The zero-order valence-electron chi connectivity index (χ0n) is 6.94. The van der Waals surface area contributed by atoms with E-state index in [0.29, 0.717) is 0 Å². The maximum absolute atomic E-state index is 12.1. The predicted molar refractivity (Wildman–Crippen MR) is 40.5 cm³/mol. The van der Waals surface area contributed by atoms with Crippen molar-refractivity contribution in [2.45, 2.75) is 13.1 Å². The lowest BCUT2D eigenvalue weighted by Gasteiger charge is -2.25. The first-order valence-corrected chi connectivity index (χ1v) is 3.57. The molecular weight excluding hydrogens is 167 g/mol. The largest absolute Gasteiger partial charge is 0.414 e. The van der Waals surface area contributed by atoms with Crippen LogP contribution in [0.2, 0.25) is 0 Å². The van der Waals surface area contributed by atoms with Crippen LogP contribution in [0.15, 0.2) is 23.4 Å². The molecule has 0 fully saturated rings. The van der Waals surface area contributed by atoms with Crippen LogP contribution in [0.25, 0.3) is 0 Å². The molecule has 0 radical (unpaired) electrons. The van der Waals surface area contributed by atoms with Gasteiger partial charge in [0.05, 0.1) is 5.57 Å². The Balaban J connectivity index is 2.84. The summed E-state index contributed by atoms with van der Waals surface area (Å²) in [4.78, 5) is 1.57. The number of likely N-dealkylation sites (N-methyl/N-ethyl adjacent to an activating group) is 1. The highest BCUT2D eigenvalue weighted by Gasteiger charge is 2.34. The maximum Gasteiger partial charge on any atom is 0.414 e. The molecule has 0 unspecified atom stereocenters. The molecule has 4 heteroatoms. The molecule has 0 atom stereocenters. The van der Waals surface area contributed by atoms with E-state index in [4.69, 9.17) is 0 Å². The molecule has 1 heterocycles. The molecule has 0 aliphatic carbocycles. The van der Waals surface area contributed by atoms with Gasteiger partial charge >= 0.3 is 6.18 Å². The predicted octanol–water partition coefficient (Wildman–Crippen LogP) is 2.32. The summed E-state index contributed by atoms with van der Waals surface area (Å²) in [6.45, 7) is 1.73. The lowest BCUT2D eigenvalue weighted by atomic mass is 10.1. The minimum atomic E-state index is -4.19. The maximum atomic E-state index is 12.1. The van der Waals surface area contributed by atoms with E-state index in [9.17, 15) is 13.2 Å². The number of allylic oxidation sites excluding steroid dienone is 3. The van der Waals surface area contributed by atoms with Gasteiger partial charge in [0.2, 0.25) is 0 Å². The zero-order chi connectivity index (χ0) is 9.35. The average Bonchev–Trinajstić information content (AvgIpc) is 1.92. The lowest BCUT2D eigenvalue weighted by Crippen LogP contribution is -2.28. The third-order valence-electron chi connectivity index (χ3n) is 1.90. The monoisotopic (exact) mass is 177 g/mol. The number of halogens is 3. The molecule has 0 N–H and O–H groups in total. The Morgan fingerprint density at radius 2 is 1.92 bits per heavy atom. The van der Waals surface area contributed by atoms with Crippen LogP contribution in [0.4, 0.5) is 13.2 Å². The number of hydrogen-bond donors (Lipinski definition) is 0. The highest BCUT2D eigenvalue weighted by molar-refractivity contribution is 5.26. The van der Waals surface area contributed by atoms with Crippen LogP contribution in [-0.4, -0.2) is 24.7 Å². The lowest BCUT2D eigenvalue weighted by molar-refractivity contribution is -0.0951. The van der Waals surface area contributed by atoms with Gasteiger partial charge in [-0.2, -0.15) is 13.2 Å². The van der Waals surface area contributed by atoms with Gasteiger partial charge in [0.1, 0.15) is 0 Å². The van der Waals surface area contributed by atoms with Crippen molar-refractivity contribution < 1.29 is 13.2 Å². The van der Waals surface area contributed by atoms with E-state index in [1.165, 1.54) is 6.08 Å². The van der Waals surface area contributed by atoms with E-state index >= 15 is 0 Å². The van der Waals surface area contributed by atoms with Crippen molar-refractivity contribution in [1.29, 1.82) is 0 Å². The Morgan fingerprint density at radius 1 is 1.33 bits per heavy atom. The third kappa shape index (κ3) is 1.81. The van der Waals surface area contributed by atoms with Crippen LogP contribution in [-0.2, 0) is 0 Å². The first-order valence-electron chi connectivity index (χ1n) is 3.57. The van der Waals surface area contributed by atoms with Crippen molar-refractivity contribution in [3.8, 4) is 0 Å². The van der Waals surface area contributed by atoms with Gasteiger partial charge in [-0.15, -0.1) is 0 Å². The molecule has 1 aliphatic rings. The Hall–Kier alpha value is -0.930. The second kappa shape index (κ2) is 2.84. The van der Waals surface area contributed by atoms with Gasteiger partial charge in [-0.1, -0.05) is 6.08 Å². The third-order valence-corrected chi connectivity index (χ3v) is 1.90. The summed E-state index contributed by atoms with van der Waals surface area (Å²) in [5.74, 6) is 0. The molecule has 1 aliphatic heterocycles. The summed E-state index contributed by atoms with van der Waals surface area (Å²) in [6.07, 6.45) is -1.58. The van der Waals surface area contributed by atoms with Gasteiger partial charge in [-0.05, 0) is 13.0 Å². The van der Waals surface area contributed by atoms with E-state index in [-0.39, 0.29) is 6.54 Å². The number of hydrogen-bond acceptors (Lipinski definition) is 1. The fourth-order valence-electron chi connectivity index (χ4n) is 0.965. The SMILES string of the molecule is CC1=CC=C(C(F)(F)F)CN1C. The summed E-state index contributed by atoms with van der Waals surface area (Å²) in [5, 5.41) is 0.